The van der Waals surface area contributed by atoms with Crippen LogP contribution in [0.3, 0.4) is 0 Å². The summed E-state index contributed by atoms with van der Waals surface area (Å²) in [7, 11) is 0. The van der Waals surface area contributed by atoms with Crippen molar-refractivity contribution in [1.29, 1.82) is 0 Å². The van der Waals surface area contributed by atoms with Crippen molar-refractivity contribution < 1.29 is 0 Å². The second-order valence-corrected chi connectivity index (χ2v) is 6.12. The fraction of sp³-hybridized carbons (Fsp3) is 0.143. The van der Waals surface area contributed by atoms with Gasteiger partial charge in [-0.1, -0.05) is 62.2 Å². The van der Waals surface area contributed by atoms with Gasteiger partial charge in [0.1, 0.15) is 0 Å². The molecule has 1 unspecified atom stereocenters. The SMILES string of the molecule is ClC(Cc1ccccc1)c1cc(Br)ccc1Br. The van der Waals surface area contributed by atoms with Crippen LogP contribution in [0.25, 0.3) is 0 Å². The molecule has 1 atom stereocenters. The van der Waals surface area contributed by atoms with Crippen molar-refractivity contribution in [1.82, 2.24) is 0 Å². The first-order chi connectivity index (χ1) is 8.16. The minimum Gasteiger partial charge on any atom is -0.117 e. The van der Waals surface area contributed by atoms with E-state index in [0.29, 0.717) is 0 Å². The van der Waals surface area contributed by atoms with Gasteiger partial charge in [0.05, 0.1) is 5.38 Å². The maximum absolute atomic E-state index is 6.47. The molecule has 0 amide bonds. The highest BCUT2D eigenvalue weighted by atomic mass is 79.9. The molecule has 0 saturated heterocycles. The number of hydrogen-bond acceptors (Lipinski definition) is 0. The molecule has 2 aromatic rings. The molecule has 0 saturated carbocycles. The Kier molecular flexibility index (Phi) is 4.66. The number of hydrogen-bond donors (Lipinski definition) is 0. The summed E-state index contributed by atoms with van der Waals surface area (Å²) in [5, 5.41) is -0.0238. The number of halogens is 3. The maximum atomic E-state index is 6.47. The molecule has 88 valence electrons. The minimum atomic E-state index is -0.0238. The summed E-state index contributed by atoms with van der Waals surface area (Å²) < 4.78 is 2.10. The van der Waals surface area contributed by atoms with Gasteiger partial charge in [0.25, 0.3) is 0 Å². The van der Waals surface area contributed by atoms with E-state index in [4.69, 9.17) is 11.6 Å². The van der Waals surface area contributed by atoms with Crippen molar-refractivity contribution in [2.45, 2.75) is 11.8 Å². The Morgan fingerprint density at radius 3 is 2.41 bits per heavy atom. The largest absolute Gasteiger partial charge is 0.117 e. The molecule has 2 aromatic carbocycles. The van der Waals surface area contributed by atoms with E-state index in [2.05, 4.69) is 50.1 Å². The van der Waals surface area contributed by atoms with Crippen LogP contribution in [0.5, 0.6) is 0 Å². The van der Waals surface area contributed by atoms with Gasteiger partial charge in [0.15, 0.2) is 0 Å². The summed E-state index contributed by atoms with van der Waals surface area (Å²) in [4.78, 5) is 0. The lowest BCUT2D eigenvalue weighted by Gasteiger charge is -2.12. The van der Waals surface area contributed by atoms with Gasteiger partial charge in [-0.05, 0) is 35.7 Å². The van der Waals surface area contributed by atoms with Crippen molar-refractivity contribution in [2.75, 3.05) is 0 Å². The summed E-state index contributed by atoms with van der Waals surface area (Å²) in [5.41, 5.74) is 2.37. The Hall–Kier alpha value is -0.310. The van der Waals surface area contributed by atoms with E-state index in [-0.39, 0.29) is 5.38 Å². The van der Waals surface area contributed by atoms with Crippen molar-refractivity contribution in [3.8, 4) is 0 Å². The van der Waals surface area contributed by atoms with E-state index >= 15 is 0 Å². The zero-order valence-electron chi connectivity index (χ0n) is 9.04. The molecule has 0 bridgehead atoms. The van der Waals surface area contributed by atoms with Gasteiger partial charge in [-0.15, -0.1) is 11.6 Å². The molecule has 0 fully saturated rings. The van der Waals surface area contributed by atoms with Gasteiger partial charge in [-0.3, -0.25) is 0 Å². The predicted octanol–water partition coefficient (Wildman–Crippen LogP) is 5.73. The third kappa shape index (κ3) is 3.57. The van der Waals surface area contributed by atoms with Crippen LogP contribution in [0.15, 0.2) is 57.5 Å². The Labute approximate surface area is 123 Å². The third-order valence-corrected chi connectivity index (χ3v) is 4.16. The molecular formula is C14H11Br2Cl. The van der Waals surface area contributed by atoms with Gasteiger partial charge in [0.2, 0.25) is 0 Å². The first-order valence-electron chi connectivity index (χ1n) is 5.30. The van der Waals surface area contributed by atoms with Crippen LogP contribution in [0.2, 0.25) is 0 Å². The maximum Gasteiger partial charge on any atom is 0.0636 e. The van der Waals surface area contributed by atoms with Crippen LogP contribution in [-0.4, -0.2) is 0 Å². The highest BCUT2D eigenvalue weighted by molar-refractivity contribution is 9.11. The molecule has 0 aliphatic rings. The van der Waals surface area contributed by atoms with Gasteiger partial charge in [0, 0.05) is 8.95 Å². The average Bonchev–Trinajstić information content (AvgIpc) is 2.33. The predicted molar refractivity (Wildman–Crippen MR) is 80.6 cm³/mol. The van der Waals surface area contributed by atoms with Crippen LogP contribution in [0.4, 0.5) is 0 Å². The Bertz CT molecular complexity index is 497. The molecule has 0 heterocycles. The Balaban J connectivity index is 2.20. The molecule has 3 heteroatoms. The molecule has 0 radical (unpaired) electrons. The first-order valence-corrected chi connectivity index (χ1v) is 7.32. The van der Waals surface area contributed by atoms with Crippen molar-refractivity contribution >= 4 is 43.5 Å². The Morgan fingerprint density at radius 1 is 1.00 bits per heavy atom. The molecule has 2 rings (SSSR count). The van der Waals surface area contributed by atoms with E-state index in [0.717, 1.165) is 20.9 Å². The highest BCUT2D eigenvalue weighted by Gasteiger charge is 2.12. The Morgan fingerprint density at radius 2 is 1.71 bits per heavy atom. The van der Waals surface area contributed by atoms with E-state index in [1.54, 1.807) is 0 Å². The van der Waals surface area contributed by atoms with Crippen LogP contribution in [0, 0.1) is 0 Å². The van der Waals surface area contributed by atoms with Crippen molar-refractivity contribution in [2.24, 2.45) is 0 Å². The van der Waals surface area contributed by atoms with Gasteiger partial charge < -0.3 is 0 Å². The van der Waals surface area contributed by atoms with Crippen molar-refractivity contribution in [3.63, 3.8) is 0 Å². The fourth-order valence-corrected chi connectivity index (χ4v) is 3.08. The number of alkyl halides is 1. The topological polar surface area (TPSA) is 0 Å². The smallest absolute Gasteiger partial charge is 0.0636 e. The molecule has 0 nitrogen and oxygen atoms in total. The van der Waals surface area contributed by atoms with Gasteiger partial charge in [-0.25, -0.2) is 0 Å². The number of rotatable bonds is 3. The lowest BCUT2D eigenvalue weighted by atomic mass is 10.0. The summed E-state index contributed by atoms with van der Waals surface area (Å²) in [5.74, 6) is 0. The number of benzene rings is 2. The van der Waals surface area contributed by atoms with Crippen LogP contribution in [0.1, 0.15) is 16.5 Å². The molecule has 0 spiro atoms. The molecule has 0 aliphatic carbocycles. The quantitative estimate of drug-likeness (QED) is 0.602. The van der Waals surface area contributed by atoms with E-state index < -0.39 is 0 Å². The lowest BCUT2D eigenvalue weighted by Crippen LogP contribution is -1.97. The van der Waals surface area contributed by atoms with Gasteiger partial charge in [-0.2, -0.15) is 0 Å². The van der Waals surface area contributed by atoms with Crippen molar-refractivity contribution in [3.05, 3.63) is 68.6 Å². The summed E-state index contributed by atoms with van der Waals surface area (Å²) in [6.07, 6.45) is 0.831. The fourth-order valence-electron chi connectivity index (χ4n) is 1.69. The second-order valence-electron chi connectivity index (χ2n) is 3.82. The normalized spacial score (nSPS) is 12.4. The zero-order chi connectivity index (χ0) is 12.3. The van der Waals surface area contributed by atoms with E-state index in [1.807, 2.05) is 30.3 Å². The second kappa shape index (κ2) is 6.03. The molecule has 0 N–H and O–H groups in total. The zero-order valence-corrected chi connectivity index (χ0v) is 13.0. The lowest BCUT2D eigenvalue weighted by molar-refractivity contribution is 0.913. The molecule has 17 heavy (non-hydrogen) atoms. The van der Waals surface area contributed by atoms with E-state index in [1.165, 1.54) is 5.56 Å². The first kappa shape index (κ1) is 13.1. The summed E-state index contributed by atoms with van der Waals surface area (Å²) >= 11 is 13.5. The molecule has 0 aliphatic heterocycles. The highest BCUT2D eigenvalue weighted by Crippen LogP contribution is 2.32. The minimum absolute atomic E-state index is 0.0238. The standard InChI is InChI=1S/C14H11Br2Cl/c15-11-6-7-13(16)12(9-11)14(17)8-10-4-2-1-3-5-10/h1-7,9,14H,8H2. The van der Waals surface area contributed by atoms with Crippen LogP contribution in [-0.2, 0) is 6.42 Å². The summed E-state index contributed by atoms with van der Waals surface area (Å²) in [6.45, 7) is 0. The summed E-state index contributed by atoms with van der Waals surface area (Å²) in [6, 6.07) is 16.4. The molecule has 0 aromatic heterocycles. The van der Waals surface area contributed by atoms with Crippen LogP contribution >= 0.6 is 43.5 Å². The average molecular weight is 375 g/mol. The van der Waals surface area contributed by atoms with Crippen LogP contribution < -0.4 is 0 Å². The third-order valence-electron chi connectivity index (χ3n) is 2.55. The molecular weight excluding hydrogens is 363 g/mol. The van der Waals surface area contributed by atoms with Gasteiger partial charge >= 0.3 is 0 Å². The van der Waals surface area contributed by atoms with E-state index in [9.17, 15) is 0 Å². The monoisotopic (exact) mass is 372 g/mol.